The molecule has 0 fully saturated rings. The third-order valence-corrected chi connectivity index (χ3v) is 3.44. The molecule has 2 nitrogen and oxygen atoms in total. The van der Waals surface area contributed by atoms with E-state index in [4.69, 9.17) is 16.3 Å². The maximum Gasteiger partial charge on any atom is 0.0792 e. The van der Waals surface area contributed by atoms with Crippen molar-refractivity contribution in [1.82, 2.24) is 5.32 Å². The van der Waals surface area contributed by atoms with Crippen LogP contribution in [0.4, 0.5) is 0 Å². The first-order chi connectivity index (χ1) is 9.10. The zero-order valence-electron chi connectivity index (χ0n) is 12.4. The Hall–Kier alpha value is -0.570. The van der Waals surface area contributed by atoms with Crippen LogP contribution in [0.15, 0.2) is 24.3 Å². The van der Waals surface area contributed by atoms with Crippen molar-refractivity contribution in [2.24, 2.45) is 5.92 Å². The first-order valence-electron chi connectivity index (χ1n) is 7.20. The molecule has 0 spiro atoms. The summed E-state index contributed by atoms with van der Waals surface area (Å²) in [6.45, 7) is 10.4. The average molecular weight is 284 g/mol. The molecule has 108 valence electrons. The number of hydrogen-bond acceptors (Lipinski definition) is 2. The van der Waals surface area contributed by atoms with Crippen molar-refractivity contribution >= 4 is 11.6 Å². The molecule has 0 amide bonds. The molecule has 1 aromatic rings. The molecule has 0 aliphatic heterocycles. The van der Waals surface area contributed by atoms with E-state index in [0.717, 1.165) is 24.6 Å². The zero-order chi connectivity index (χ0) is 14.3. The minimum absolute atomic E-state index is 0.178. The van der Waals surface area contributed by atoms with Crippen molar-refractivity contribution in [2.75, 3.05) is 13.2 Å². The molecule has 1 aromatic carbocycles. The number of ether oxygens (including phenoxy) is 1. The summed E-state index contributed by atoms with van der Waals surface area (Å²) in [6.07, 6.45) is 1.29. The molecule has 2 unspecified atom stereocenters. The zero-order valence-corrected chi connectivity index (χ0v) is 13.2. The van der Waals surface area contributed by atoms with Crippen LogP contribution in [0.2, 0.25) is 5.02 Å². The summed E-state index contributed by atoms with van der Waals surface area (Å²) in [5.41, 5.74) is 1.24. The van der Waals surface area contributed by atoms with Gasteiger partial charge in [-0.25, -0.2) is 0 Å². The lowest BCUT2D eigenvalue weighted by Crippen LogP contribution is -2.37. The molecule has 0 heterocycles. The van der Waals surface area contributed by atoms with Crippen molar-refractivity contribution in [3.05, 3.63) is 34.9 Å². The van der Waals surface area contributed by atoms with Gasteiger partial charge in [0, 0.05) is 11.6 Å². The normalized spacial score (nSPS) is 14.6. The van der Waals surface area contributed by atoms with E-state index in [1.54, 1.807) is 0 Å². The Kier molecular flexibility index (Phi) is 7.44. The summed E-state index contributed by atoms with van der Waals surface area (Å²) >= 11 is 5.97. The maximum absolute atomic E-state index is 5.97. The van der Waals surface area contributed by atoms with Crippen molar-refractivity contribution in [2.45, 2.75) is 46.3 Å². The number of hydrogen-bond donors (Lipinski definition) is 1. The van der Waals surface area contributed by atoms with Crippen LogP contribution in [0.5, 0.6) is 0 Å². The molecule has 2 atom stereocenters. The van der Waals surface area contributed by atoms with E-state index in [9.17, 15) is 0 Å². The van der Waals surface area contributed by atoms with E-state index in [1.165, 1.54) is 5.56 Å². The molecule has 19 heavy (non-hydrogen) atoms. The predicted molar refractivity (Wildman–Crippen MR) is 82.7 cm³/mol. The summed E-state index contributed by atoms with van der Waals surface area (Å²) in [7, 11) is 0. The quantitative estimate of drug-likeness (QED) is 0.761. The van der Waals surface area contributed by atoms with E-state index < -0.39 is 0 Å². The highest BCUT2D eigenvalue weighted by molar-refractivity contribution is 6.30. The second-order valence-electron chi connectivity index (χ2n) is 5.15. The van der Waals surface area contributed by atoms with Gasteiger partial charge in [0.1, 0.15) is 0 Å². The van der Waals surface area contributed by atoms with Crippen molar-refractivity contribution in [3.63, 3.8) is 0 Å². The fourth-order valence-electron chi connectivity index (χ4n) is 2.26. The summed E-state index contributed by atoms with van der Waals surface area (Å²) in [5, 5.41) is 4.38. The number of rotatable bonds is 8. The van der Waals surface area contributed by atoms with E-state index in [2.05, 4.69) is 38.2 Å². The fraction of sp³-hybridized carbons (Fsp3) is 0.625. The van der Waals surface area contributed by atoms with Gasteiger partial charge < -0.3 is 10.1 Å². The SMILES string of the molecule is CCCNC(c1ccc(Cl)cc1)C(OCC)C(C)C. The van der Waals surface area contributed by atoms with Gasteiger partial charge in [-0.1, -0.05) is 44.5 Å². The molecule has 3 heteroatoms. The van der Waals surface area contributed by atoms with Crippen LogP contribution in [0.25, 0.3) is 0 Å². The first-order valence-corrected chi connectivity index (χ1v) is 7.58. The lowest BCUT2D eigenvalue weighted by Gasteiger charge is -2.31. The second-order valence-corrected chi connectivity index (χ2v) is 5.58. The van der Waals surface area contributed by atoms with Crippen LogP contribution < -0.4 is 5.32 Å². The van der Waals surface area contributed by atoms with Crippen molar-refractivity contribution < 1.29 is 4.74 Å². The van der Waals surface area contributed by atoms with E-state index >= 15 is 0 Å². The average Bonchev–Trinajstić information content (AvgIpc) is 2.39. The lowest BCUT2D eigenvalue weighted by molar-refractivity contribution is 0.00284. The molecule has 0 aliphatic carbocycles. The Bertz CT molecular complexity index is 350. The molecular formula is C16H26ClNO. The van der Waals surface area contributed by atoms with Gasteiger partial charge in [-0.15, -0.1) is 0 Å². The van der Waals surface area contributed by atoms with Crippen LogP contribution in [0.3, 0.4) is 0 Å². The summed E-state index contributed by atoms with van der Waals surface area (Å²) in [5.74, 6) is 0.463. The highest BCUT2D eigenvalue weighted by atomic mass is 35.5. The van der Waals surface area contributed by atoms with Gasteiger partial charge in [-0.3, -0.25) is 0 Å². The van der Waals surface area contributed by atoms with Crippen molar-refractivity contribution in [1.29, 1.82) is 0 Å². The predicted octanol–water partition coefficient (Wildman–Crippen LogP) is 4.44. The number of halogens is 1. The minimum atomic E-state index is 0.178. The standard InChI is InChI=1S/C16H26ClNO/c1-5-11-18-15(16(12(3)4)19-6-2)13-7-9-14(17)10-8-13/h7-10,12,15-16,18H,5-6,11H2,1-4H3. The Morgan fingerprint density at radius 2 is 1.79 bits per heavy atom. The van der Waals surface area contributed by atoms with Crippen LogP contribution >= 0.6 is 11.6 Å². The fourth-order valence-corrected chi connectivity index (χ4v) is 2.39. The molecule has 0 saturated carbocycles. The minimum Gasteiger partial charge on any atom is -0.376 e. The molecule has 0 aromatic heterocycles. The Balaban J connectivity index is 2.94. The summed E-state index contributed by atoms with van der Waals surface area (Å²) in [4.78, 5) is 0. The molecule has 0 saturated heterocycles. The van der Waals surface area contributed by atoms with Gasteiger partial charge in [0.2, 0.25) is 0 Å². The highest BCUT2D eigenvalue weighted by Gasteiger charge is 2.25. The summed E-state index contributed by atoms with van der Waals surface area (Å²) in [6, 6.07) is 8.28. The van der Waals surface area contributed by atoms with Crippen molar-refractivity contribution in [3.8, 4) is 0 Å². The topological polar surface area (TPSA) is 21.3 Å². The Labute approximate surface area is 122 Å². The van der Waals surface area contributed by atoms with Crippen LogP contribution in [0, 0.1) is 5.92 Å². The van der Waals surface area contributed by atoms with Gasteiger partial charge in [0.25, 0.3) is 0 Å². The third kappa shape index (κ3) is 5.13. The Morgan fingerprint density at radius 3 is 2.26 bits per heavy atom. The Morgan fingerprint density at radius 1 is 1.16 bits per heavy atom. The molecule has 0 bridgehead atoms. The van der Waals surface area contributed by atoms with Gasteiger partial charge in [-0.2, -0.15) is 0 Å². The first kappa shape index (κ1) is 16.5. The number of nitrogens with one attached hydrogen (secondary N) is 1. The van der Waals surface area contributed by atoms with Gasteiger partial charge >= 0.3 is 0 Å². The van der Waals surface area contributed by atoms with Gasteiger partial charge in [0.15, 0.2) is 0 Å². The molecule has 1 N–H and O–H groups in total. The van der Waals surface area contributed by atoms with Gasteiger partial charge in [0.05, 0.1) is 12.1 Å². The van der Waals surface area contributed by atoms with E-state index in [1.807, 2.05) is 19.1 Å². The van der Waals surface area contributed by atoms with E-state index in [0.29, 0.717) is 5.92 Å². The summed E-state index contributed by atoms with van der Waals surface area (Å²) < 4.78 is 5.95. The van der Waals surface area contributed by atoms with E-state index in [-0.39, 0.29) is 12.1 Å². The van der Waals surface area contributed by atoms with Crippen LogP contribution in [-0.4, -0.2) is 19.3 Å². The molecule has 0 radical (unpaired) electrons. The number of benzene rings is 1. The second kappa shape index (κ2) is 8.57. The molecule has 1 rings (SSSR count). The largest absolute Gasteiger partial charge is 0.376 e. The van der Waals surface area contributed by atoms with Crippen LogP contribution in [0.1, 0.15) is 45.7 Å². The molecule has 0 aliphatic rings. The van der Waals surface area contributed by atoms with Gasteiger partial charge in [-0.05, 0) is 43.5 Å². The smallest absolute Gasteiger partial charge is 0.0792 e. The highest BCUT2D eigenvalue weighted by Crippen LogP contribution is 2.26. The monoisotopic (exact) mass is 283 g/mol. The maximum atomic E-state index is 5.97. The van der Waals surface area contributed by atoms with Crippen LogP contribution in [-0.2, 0) is 4.74 Å². The molecular weight excluding hydrogens is 258 g/mol. The third-order valence-electron chi connectivity index (χ3n) is 3.19. The lowest BCUT2D eigenvalue weighted by atomic mass is 9.93.